The van der Waals surface area contributed by atoms with Crippen molar-refractivity contribution in [2.45, 2.75) is 59.5 Å². The standard InChI is InChI=1S/C15H23ClN4/c1-6-14(16)15-11(4)18-20(12(15)5)9-13-8-10(3)17-19(13)7-2/h8,14H,6-7,9H2,1-5H3. The van der Waals surface area contributed by atoms with Crippen LogP contribution < -0.4 is 0 Å². The largest absolute Gasteiger partial charge is 0.268 e. The van der Waals surface area contributed by atoms with Gasteiger partial charge in [-0.2, -0.15) is 10.2 Å². The molecule has 0 aliphatic rings. The molecule has 2 rings (SSSR count). The Morgan fingerprint density at radius 2 is 1.85 bits per heavy atom. The third-order valence-corrected chi connectivity index (χ3v) is 4.23. The molecule has 5 heteroatoms. The molecule has 4 nitrogen and oxygen atoms in total. The summed E-state index contributed by atoms with van der Waals surface area (Å²) >= 11 is 6.41. The first-order valence-corrected chi connectivity index (χ1v) is 7.62. The number of aromatic nitrogens is 4. The molecule has 0 saturated carbocycles. The Balaban J connectivity index is 2.35. The maximum Gasteiger partial charge on any atom is 0.0831 e. The highest BCUT2D eigenvalue weighted by molar-refractivity contribution is 6.20. The van der Waals surface area contributed by atoms with Gasteiger partial charge in [-0.05, 0) is 40.2 Å². The van der Waals surface area contributed by atoms with Crippen LogP contribution in [0.3, 0.4) is 0 Å². The van der Waals surface area contributed by atoms with E-state index < -0.39 is 0 Å². The van der Waals surface area contributed by atoms with Crippen LogP contribution in [0.5, 0.6) is 0 Å². The third-order valence-electron chi connectivity index (χ3n) is 3.71. The molecule has 0 amide bonds. The first-order valence-electron chi connectivity index (χ1n) is 7.19. The van der Waals surface area contributed by atoms with Gasteiger partial charge in [-0.3, -0.25) is 9.36 Å². The quantitative estimate of drug-likeness (QED) is 0.787. The number of hydrogen-bond donors (Lipinski definition) is 0. The second-order valence-electron chi connectivity index (χ2n) is 5.21. The van der Waals surface area contributed by atoms with Gasteiger partial charge >= 0.3 is 0 Å². The zero-order valence-corrected chi connectivity index (χ0v) is 13.7. The van der Waals surface area contributed by atoms with E-state index in [4.69, 9.17) is 11.6 Å². The molecule has 0 aliphatic heterocycles. The fourth-order valence-electron chi connectivity index (χ4n) is 2.68. The van der Waals surface area contributed by atoms with Crippen molar-refractivity contribution in [2.24, 2.45) is 0 Å². The predicted molar refractivity (Wildman–Crippen MR) is 82.3 cm³/mol. The number of hydrogen-bond acceptors (Lipinski definition) is 2. The number of alkyl halides is 1. The van der Waals surface area contributed by atoms with Gasteiger partial charge in [0.2, 0.25) is 0 Å². The minimum atomic E-state index is 0.0431. The predicted octanol–water partition coefficient (Wildman–Crippen LogP) is 3.76. The molecule has 20 heavy (non-hydrogen) atoms. The van der Waals surface area contributed by atoms with E-state index in [2.05, 4.69) is 37.0 Å². The maximum atomic E-state index is 6.41. The molecule has 0 radical (unpaired) electrons. The van der Waals surface area contributed by atoms with Crippen LogP contribution in [0.1, 0.15) is 54.0 Å². The molecule has 2 aromatic heterocycles. The monoisotopic (exact) mass is 294 g/mol. The van der Waals surface area contributed by atoms with E-state index in [1.165, 1.54) is 11.3 Å². The van der Waals surface area contributed by atoms with Crippen LogP contribution >= 0.6 is 11.6 Å². The van der Waals surface area contributed by atoms with Crippen molar-refractivity contribution in [1.82, 2.24) is 19.6 Å². The van der Waals surface area contributed by atoms with E-state index in [-0.39, 0.29) is 5.38 Å². The molecule has 0 saturated heterocycles. The van der Waals surface area contributed by atoms with Gasteiger partial charge in [-0.25, -0.2) is 0 Å². The molecule has 0 N–H and O–H groups in total. The van der Waals surface area contributed by atoms with Gasteiger partial charge in [0.05, 0.1) is 29.0 Å². The number of rotatable bonds is 5. The Labute approximate surface area is 125 Å². The molecule has 1 atom stereocenters. The summed E-state index contributed by atoms with van der Waals surface area (Å²) in [5.41, 5.74) is 5.60. The van der Waals surface area contributed by atoms with E-state index in [1.54, 1.807) is 0 Å². The molecule has 0 aliphatic carbocycles. The van der Waals surface area contributed by atoms with E-state index in [0.717, 1.165) is 36.6 Å². The highest BCUT2D eigenvalue weighted by atomic mass is 35.5. The van der Waals surface area contributed by atoms with E-state index in [1.807, 2.05) is 23.2 Å². The van der Waals surface area contributed by atoms with Crippen LogP contribution in [0.15, 0.2) is 6.07 Å². The van der Waals surface area contributed by atoms with Crippen molar-refractivity contribution < 1.29 is 0 Å². The van der Waals surface area contributed by atoms with E-state index in [0.29, 0.717) is 0 Å². The summed E-state index contributed by atoms with van der Waals surface area (Å²) in [5.74, 6) is 0. The Morgan fingerprint density at radius 1 is 1.15 bits per heavy atom. The normalized spacial score (nSPS) is 12.9. The molecule has 0 aromatic carbocycles. The van der Waals surface area contributed by atoms with Gasteiger partial charge in [0.1, 0.15) is 0 Å². The summed E-state index contributed by atoms with van der Waals surface area (Å²) in [7, 11) is 0. The smallest absolute Gasteiger partial charge is 0.0831 e. The topological polar surface area (TPSA) is 35.6 Å². The van der Waals surface area contributed by atoms with Gasteiger partial charge in [0, 0.05) is 17.8 Å². The molecule has 110 valence electrons. The number of halogens is 1. The molecule has 2 heterocycles. The summed E-state index contributed by atoms with van der Waals surface area (Å²) in [5, 5.41) is 9.18. The Kier molecular flexibility index (Phi) is 4.53. The minimum absolute atomic E-state index is 0.0431. The second kappa shape index (κ2) is 6.00. The van der Waals surface area contributed by atoms with Gasteiger partial charge in [0.25, 0.3) is 0 Å². The molecule has 2 aromatic rings. The zero-order chi connectivity index (χ0) is 14.9. The highest BCUT2D eigenvalue weighted by Gasteiger charge is 2.18. The lowest BCUT2D eigenvalue weighted by molar-refractivity contribution is 0.566. The van der Waals surface area contributed by atoms with Gasteiger partial charge in [0.15, 0.2) is 0 Å². The molecule has 0 bridgehead atoms. The van der Waals surface area contributed by atoms with Crippen LogP contribution in [0.2, 0.25) is 0 Å². The zero-order valence-electron chi connectivity index (χ0n) is 12.9. The fraction of sp³-hybridized carbons (Fsp3) is 0.600. The molecular weight excluding hydrogens is 272 g/mol. The molecule has 1 unspecified atom stereocenters. The SMILES string of the molecule is CCC(Cl)c1c(C)nn(Cc2cc(C)nn2CC)c1C. The van der Waals surface area contributed by atoms with Crippen molar-refractivity contribution in [3.8, 4) is 0 Å². The first-order chi connectivity index (χ1) is 9.47. The maximum absolute atomic E-state index is 6.41. The van der Waals surface area contributed by atoms with Crippen molar-refractivity contribution in [2.75, 3.05) is 0 Å². The number of aryl methyl sites for hydroxylation is 3. The van der Waals surface area contributed by atoms with Crippen LogP contribution in [0.4, 0.5) is 0 Å². The van der Waals surface area contributed by atoms with E-state index >= 15 is 0 Å². The highest BCUT2D eigenvalue weighted by Crippen LogP contribution is 2.29. The lowest BCUT2D eigenvalue weighted by atomic mass is 10.1. The van der Waals surface area contributed by atoms with Gasteiger partial charge in [-0.15, -0.1) is 11.6 Å². The number of nitrogens with zero attached hydrogens (tertiary/aromatic N) is 4. The van der Waals surface area contributed by atoms with Crippen molar-refractivity contribution in [3.63, 3.8) is 0 Å². The average Bonchev–Trinajstić information content (AvgIpc) is 2.90. The molecular formula is C15H23ClN4. The summed E-state index contributed by atoms with van der Waals surface area (Å²) in [6.45, 7) is 12.0. The van der Waals surface area contributed by atoms with Crippen molar-refractivity contribution >= 4 is 11.6 Å². The summed E-state index contributed by atoms with van der Waals surface area (Å²) in [4.78, 5) is 0. The van der Waals surface area contributed by atoms with E-state index in [9.17, 15) is 0 Å². The molecule has 0 fully saturated rings. The second-order valence-corrected chi connectivity index (χ2v) is 5.74. The lowest BCUT2D eigenvalue weighted by Gasteiger charge is -2.09. The minimum Gasteiger partial charge on any atom is -0.268 e. The Bertz CT molecular complexity index is 597. The lowest BCUT2D eigenvalue weighted by Crippen LogP contribution is -2.10. The Hall–Kier alpha value is -1.29. The van der Waals surface area contributed by atoms with Crippen LogP contribution in [0, 0.1) is 20.8 Å². The Morgan fingerprint density at radius 3 is 2.45 bits per heavy atom. The summed E-state index contributed by atoms with van der Waals surface area (Å²) in [6.07, 6.45) is 0.918. The van der Waals surface area contributed by atoms with Crippen molar-refractivity contribution in [3.05, 3.63) is 34.4 Å². The third kappa shape index (κ3) is 2.75. The van der Waals surface area contributed by atoms with Crippen LogP contribution in [0.25, 0.3) is 0 Å². The van der Waals surface area contributed by atoms with Crippen molar-refractivity contribution in [1.29, 1.82) is 0 Å². The van der Waals surface area contributed by atoms with Gasteiger partial charge < -0.3 is 0 Å². The fourth-order valence-corrected chi connectivity index (χ4v) is 2.99. The summed E-state index contributed by atoms with van der Waals surface area (Å²) < 4.78 is 4.07. The first kappa shape index (κ1) is 15.1. The molecule has 0 spiro atoms. The van der Waals surface area contributed by atoms with Crippen LogP contribution in [-0.2, 0) is 13.1 Å². The van der Waals surface area contributed by atoms with Crippen LogP contribution in [-0.4, -0.2) is 19.6 Å². The average molecular weight is 295 g/mol. The van der Waals surface area contributed by atoms with Gasteiger partial charge in [-0.1, -0.05) is 6.92 Å². The summed E-state index contributed by atoms with van der Waals surface area (Å²) in [6, 6.07) is 2.12.